The lowest BCUT2D eigenvalue weighted by atomic mass is 10.1. The molecule has 0 amide bonds. The van der Waals surface area contributed by atoms with Crippen LogP contribution in [0.15, 0.2) is 66.7 Å². The molecule has 0 saturated heterocycles. The van der Waals surface area contributed by atoms with Gasteiger partial charge in [-0.05, 0) is 47.9 Å². The van der Waals surface area contributed by atoms with Crippen LogP contribution in [0.3, 0.4) is 0 Å². The molecule has 0 unspecified atom stereocenters. The van der Waals surface area contributed by atoms with E-state index in [2.05, 4.69) is 15.4 Å². The molecule has 3 aromatic carbocycles. The third kappa shape index (κ3) is 3.97. The number of nitrogens with one attached hydrogen (secondary N) is 2. The van der Waals surface area contributed by atoms with Gasteiger partial charge in [0.2, 0.25) is 0 Å². The topological polar surface area (TPSA) is 33.3 Å². The van der Waals surface area contributed by atoms with Crippen molar-refractivity contribution < 1.29 is 13.5 Å². The van der Waals surface area contributed by atoms with E-state index in [1.165, 1.54) is 12.1 Å². The van der Waals surface area contributed by atoms with Crippen LogP contribution < -0.4 is 15.4 Å². The zero-order valence-electron chi connectivity index (χ0n) is 12.5. The van der Waals surface area contributed by atoms with Crippen molar-refractivity contribution in [1.82, 2.24) is 0 Å². The monoisotopic (exact) mass is 344 g/mol. The lowest BCUT2D eigenvalue weighted by Gasteiger charge is -2.13. The van der Waals surface area contributed by atoms with Crippen molar-refractivity contribution >= 4 is 39.5 Å². The minimum atomic E-state index is -2.84. The van der Waals surface area contributed by atoms with Gasteiger partial charge in [0.15, 0.2) is 5.11 Å². The van der Waals surface area contributed by atoms with Gasteiger partial charge < -0.3 is 15.4 Å². The minimum absolute atomic E-state index is 0.100. The maximum atomic E-state index is 12.1. The van der Waals surface area contributed by atoms with E-state index < -0.39 is 6.61 Å². The zero-order chi connectivity index (χ0) is 16.9. The highest BCUT2D eigenvalue weighted by Crippen LogP contribution is 2.23. The molecular weight excluding hydrogens is 330 g/mol. The maximum absolute atomic E-state index is 12.1. The van der Waals surface area contributed by atoms with Crippen LogP contribution in [0, 0.1) is 0 Å². The van der Waals surface area contributed by atoms with Crippen molar-refractivity contribution in [3.05, 3.63) is 66.7 Å². The van der Waals surface area contributed by atoms with Gasteiger partial charge in [-0.15, -0.1) is 0 Å². The van der Waals surface area contributed by atoms with Gasteiger partial charge in [-0.1, -0.05) is 36.4 Å². The Morgan fingerprint density at radius 3 is 2.33 bits per heavy atom. The Morgan fingerprint density at radius 1 is 0.875 bits per heavy atom. The second-order valence-corrected chi connectivity index (χ2v) is 5.42. The number of hydrogen-bond acceptors (Lipinski definition) is 2. The number of anilines is 2. The van der Waals surface area contributed by atoms with Crippen molar-refractivity contribution in [1.29, 1.82) is 0 Å². The molecule has 6 heteroatoms. The van der Waals surface area contributed by atoms with Gasteiger partial charge in [-0.2, -0.15) is 8.78 Å². The fourth-order valence-corrected chi connectivity index (χ4v) is 2.57. The Kier molecular flexibility index (Phi) is 4.86. The minimum Gasteiger partial charge on any atom is -0.435 e. The highest BCUT2D eigenvalue weighted by Gasteiger charge is 2.05. The van der Waals surface area contributed by atoms with E-state index in [4.69, 9.17) is 12.2 Å². The van der Waals surface area contributed by atoms with E-state index in [0.29, 0.717) is 10.8 Å². The number of benzene rings is 3. The Bertz CT molecular complexity index is 848. The Hall–Kier alpha value is -2.73. The molecule has 24 heavy (non-hydrogen) atoms. The van der Waals surface area contributed by atoms with Crippen LogP contribution in [0.1, 0.15) is 0 Å². The average Bonchev–Trinajstić information content (AvgIpc) is 2.56. The molecule has 0 aliphatic heterocycles. The lowest BCUT2D eigenvalue weighted by molar-refractivity contribution is -0.0498. The molecule has 0 fully saturated rings. The molecule has 3 aromatic rings. The van der Waals surface area contributed by atoms with Gasteiger partial charge in [0.25, 0.3) is 0 Å². The van der Waals surface area contributed by atoms with Gasteiger partial charge in [0.05, 0.1) is 0 Å². The van der Waals surface area contributed by atoms with Crippen LogP contribution in [0.5, 0.6) is 5.75 Å². The molecule has 2 N–H and O–H groups in total. The van der Waals surface area contributed by atoms with Gasteiger partial charge in [0.1, 0.15) is 5.75 Å². The Labute approximate surface area is 143 Å². The van der Waals surface area contributed by atoms with Crippen LogP contribution in [-0.4, -0.2) is 11.7 Å². The fourth-order valence-electron chi connectivity index (χ4n) is 2.34. The molecule has 0 aliphatic rings. The zero-order valence-corrected chi connectivity index (χ0v) is 13.3. The van der Waals surface area contributed by atoms with Gasteiger partial charge in [-0.3, -0.25) is 0 Å². The summed E-state index contributed by atoms with van der Waals surface area (Å²) in [5.74, 6) is 0.100. The van der Waals surface area contributed by atoms with E-state index in [1.807, 2.05) is 42.5 Å². The normalized spacial score (nSPS) is 10.6. The number of halogens is 2. The first-order valence-corrected chi connectivity index (χ1v) is 7.63. The SMILES string of the molecule is FC(F)Oc1ccc(NC(=S)Nc2cccc3ccccc23)cc1. The number of rotatable bonds is 4. The van der Waals surface area contributed by atoms with E-state index in [9.17, 15) is 8.78 Å². The predicted octanol–water partition coefficient (Wildman–Crippen LogP) is 5.25. The van der Waals surface area contributed by atoms with E-state index in [-0.39, 0.29) is 5.75 Å². The smallest absolute Gasteiger partial charge is 0.387 e. The molecule has 0 aliphatic carbocycles. The molecule has 0 bridgehead atoms. The maximum Gasteiger partial charge on any atom is 0.387 e. The molecule has 3 rings (SSSR count). The van der Waals surface area contributed by atoms with Crippen molar-refractivity contribution in [2.45, 2.75) is 6.61 Å². The summed E-state index contributed by atoms with van der Waals surface area (Å²) in [7, 11) is 0. The highest BCUT2D eigenvalue weighted by atomic mass is 32.1. The summed E-state index contributed by atoms with van der Waals surface area (Å²) >= 11 is 5.31. The molecule has 0 atom stereocenters. The number of fused-ring (bicyclic) bond motifs is 1. The van der Waals surface area contributed by atoms with Crippen molar-refractivity contribution in [3.8, 4) is 5.75 Å². The summed E-state index contributed by atoms with van der Waals surface area (Å²) in [4.78, 5) is 0. The fraction of sp³-hybridized carbons (Fsp3) is 0.0556. The number of thiocarbonyl (C=S) groups is 1. The molecule has 0 saturated carbocycles. The summed E-state index contributed by atoms with van der Waals surface area (Å²) in [5.41, 5.74) is 1.57. The van der Waals surface area contributed by atoms with E-state index in [0.717, 1.165) is 16.5 Å². The van der Waals surface area contributed by atoms with Crippen molar-refractivity contribution in [2.75, 3.05) is 10.6 Å². The van der Waals surface area contributed by atoms with Crippen LogP contribution in [0.4, 0.5) is 20.2 Å². The van der Waals surface area contributed by atoms with Crippen LogP contribution in [-0.2, 0) is 0 Å². The number of hydrogen-bond donors (Lipinski definition) is 2. The number of ether oxygens (including phenoxy) is 1. The first-order chi connectivity index (χ1) is 11.6. The molecule has 0 radical (unpaired) electrons. The molecule has 122 valence electrons. The summed E-state index contributed by atoms with van der Waals surface area (Å²) in [6.45, 7) is -2.84. The number of alkyl halides is 2. The molecule has 3 nitrogen and oxygen atoms in total. The summed E-state index contributed by atoms with van der Waals surface area (Å²) in [6.07, 6.45) is 0. The lowest BCUT2D eigenvalue weighted by Crippen LogP contribution is -2.19. The molecule has 0 spiro atoms. The highest BCUT2D eigenvalue weighted by molar-refractivity contribution is 7.80. The molecule has 0 heterocycles. The van der Waals surface area contributed by atoms with Crippen LogP contribution in [0.25, 0.3) is 10.8 Å². The van der Waals surface area contributed by atoms with Crippen LogP contribution >= 0.6 is 12.2 Å². The molecular formula is C18H14F2N2OS. The predicted molar refractivity (Wildman–Crippen MR) is 96.9 cm³/mol. The van der Waals surface area contributed by atoms with Gasteiger partial charge >= 0.3 is 6.61 Å². The largest absolute Gasteiger partial charge is 0.435 e. The third-order valence-corrected chi connectivity index (χ3v) is 3.58. The third-order valence-electron chi connectivity index (χ3n) is 3.38. The second-order valence-electron chi connectivity index (χ2n) is 5.01. The second kappa shape index (κ2) is 7.23. The summed E-state index contributed by atoms with van der Waals surface area (Å²) in [5, 5.41) is 8.74. The first kappa shape index (κ1) is 16.1. The molecule has 0 aromatic heterocycles. The summed E-state index contributed by atoms with van der Waals surface area (Å²) < 4.78 is 28.6. The average molecular weight is 344 g/mol. The van der Waals surface area contributed by atoms with Crippen molar-refractivity contribution in [3.63, 3.8) is 0 Å². The van der Waals surface area contributed by atoms with Crippen LogP contribution in [0.2, 0.25) is 0 Å². The Balaban J connectivity index is 1.69. The van der Waals surface area contributed by atoms with E-state index >= 15 is 0 Å². The van der Waals surface area contributed by atoms with Crippen molar-refractivity contribution in [2.24, 2.45) is 0 Å². The standard InChI is InChI=1S/C18H14F2N2OS/c19-17(20)23-14-10-8-13(9-11-14)21-18(24)22-16-7-3-5-12-4-1-2-6-15(12)16/h1-11,17H,(H2,21,22,24). The van der Waals surface area contributed by atoms with Gasteiger partial charge in [0, 0.05) is 16.8 Å². The summed E-state index contributed by atoms with van der Waals surface area (Å²) in [6, 6.07) is 20.0. The first-order valence-electron chi connectivity index (χ1n) is 7.22. The van der Waals surface area contributed by atoms with Gasteiger partial charge in [-0.25, -0.2) is 0 Å². The van der Waals surface area contributed by atoms with E-state index in [1.54, 1.807) is 12.1 Å². The quantitative estimate of drug-likeness (QED) is 0.633. The Morgan fingerprint density at radius 2 is 1.58 bits per heavy atom.